The van der Waals surface area contributed by atoms with Gasteiger partial charge in [-0.15, -0.1) is 11.3 Å². The van der Waals surface area contributed by atoms with Gasteiger partial charge in [0.05, 0.1) is 17.9 Å². The molecule has 1 aromatic carbocycles. The summed E-state index contributed by atoms with van der Waals surface area (Å²) in [6.45, 7) is 4.18. The molecule has 4 rings (SSSR count). The van der Waals surface area contributed by atoms with Crippen LogP contribution in [0.3, 0.4) is 0 Å². The molecule has 1 fully saturated rings. The van der Waals surface area contributed by atoms with Crippen molar-refractivity contribution in [3.8, 4) is 5.75 Å². The molecule has 0 N–H and O–H groups in total. The van der Waals surface area contributed by atoms with Crippen molar-refractivity contribution >= 4 is 34.4 Å². The first kappa shape index (κ1) is 17.8. The molecule has 3 heterocycles. The van der Waals surface area contributed by atoms with Gasteiger partial charge in [-0.3, -0.25) is 9.59 Å². The molecule has 0 aliphatic carbocycles. The Morgan fingerprint density at radius 1 is 1.04 bits per heavy atom. The van der Waals surface area contributed by atoms with E-state index in [0.717, 1.165) is 37.2 Å². The summed E-state index contributed by atoms with van der Waals surface area (Å²) in [7, 11) is 0. The van der Waals surface area contributed by atoms with Crippen LogP contribution in [0.2, 0.25) is 0 Å². The minimum atomic E-state index is -0.267. The van der Waals surface area contributed by atoms with E-state index in [1.165, 1.54) is 16.2 Å². The number of carbonyl (C=O) groups excluding carboxylic acids is 2. The van der Waals surface area contributed by atoms with Crippen LogP contribution in [0.5, 0.6) is 5.75 Å². The second-order valence-electron chi connectivity index (χ2n) is 6.66. The van der Waals surface area contributed by atoms with Crippen molar-refractivity contribution in [3.63, 3.8) is 0 Å². The minimum absolute atomic E-state index is 0.252. The first-order chi connectivity index (χ1) is 13.2. The van der Waals surface area contributed by atoms with Gasteiger partial charge in [-0.05, 0) is 42.8 Å². The highest BCUT2D eigenvalue weighted by Gasteiger charge is 2.44. The van der Waals surface area contributed by atoms with E-state index in [2.05, 4.69) is 4.90 Å². The molecule has 6 heteroatoms. The summed E-state index contributed by atoms with van der Waals surface area (Å²) < 4.78 is 5.81. The van der Waals surface area contributed by atoms with Gasteiger partial charge in [0.2, 0.25) is 0 Å². The third-order valence-electron chi connectivity index (χ3n) is 4.82. The lowest BCUT2D eigenvalue weighted by atomic mass is 10.2. The number of likely N-dealkylation sites (tertiary alicyclic amines) is 1. The highest BCUT2D eigenvalue weighted by atomic mass is 32.1. The molecule has 0 bridgehead atoms. The average Bonchev–Trinajstić information content (AvgIpc) is 3.41. The van der Waals surface area contributed by atoms with Gasteiger partial charge in [0.15, 0.2) is 0 Å². The Labute approximate surface area is 162 Å². The summed E-state index contributed by atoms with van der Waals surface area (Å²) in [5.41, 5.74) is 1.57. The van der Waals surface area contributed by atoms with Gasteiger partial charge in [0, 0.05) is 18.0 Å². The Kier molecular flexibility index (Phi) is 4.99. The van der Waals surface area contributed by atoms with Gasteiger partial charge < -0.3 is 9.64 Å². The molecule has 140 valence electrons. The van der Waals surface area contributed by atoms with Gasteiger partial charge in [-0.25, -0.2) is 4.90 Å². The molecule has 27 heavy (non-hydrogen) atoms. The summed E-state index contributed by atoms with van der Waals surface area (Å²) in [5.74, 6) is 0.0454. The number of amides is 2. The van der Waals surface area contributed by atoms with Gasteiger partial charge in [0.25, 0.3) is 11.8 Å². The maximum absolute atomic E-state index is 13.4. The highest BCUT2D eigenvalue weighted by molar-refractivity contribution is 7.11. The summed E-state index contributed by atoms with van der Waals surface area (Å²) in [6.07, 6.45) is 2.94. The van der Waals surface area contributed by atoms with Crippen molar-refractivity contribution in [2.45, 2.75) is 26.2 Å². The van der Waals surface area contributed by atoms with E-state index in [-0.39, 0.29) is 11.8 Å². The number of nitrogens with zero attached hydrogens (tertiary/aromatic N) is 2. The lowest BCUT2D eigenvalue weighted by molar-refractivity contribution is -0.120. The molecule has 0 saturated carbocycles. The van der Waals surface area contributed by atoms with Crippen molar-refractivity contribution in [2.24, 2.45) is 0 Å². The van der Waals surface area contributed by atoms with Crippen LogP contribution in [0, 0.1) is 0 Å². The molecule has 2 aromatic rings. The Morgan fingerprint density at radius 2 is 1.81 bits per heavy atom. The molecule has 2 aliphatic heterocycles. The highest BCUT2D eigenvalue weighted by Crippen LogP contribution is 2.40. The second kappa shape index (κ2) is 7.56. The van der Waals surface area contributed by atoms with Gasteiger partial charge in [0.1, 0.15) is 11.4 Å². The van der Waals surface area contributed by atoms with Crippen LogP contribution >= 0.6 is 11.3 Å². The molecule has 2 amide bonds. The van der Waals surface area contributed by atoms with Crippen LogP contribution in [0.1, 0.15) is 31.1 Å². The van der Waals surface area contributed by atoms with E-state index < -0.39 is 0 Å². The van der Waals surface area contributed by atoms with Crippen molar-refractivity contribution in [2.75, 3.05) is 24.6 Å². The average molecular weight is 382 g/mol. The maximum Gasteiger partial charge on any atom is 0.282 e. The number of carbonyl (C=O) groups is 2. The lowest BCUT2D eigenvalue weighted by Crippen LogP contribution is -2.34. The summed E-state index contributed by atoms with van der Waals surface area (Å²) >= 11 is 1.49. The van der Waals surface area contributed by atoms with E-state index in [4.69, 9.17) is 4.74 Å². The SMILES string of the molecule is CCCOc1ccccc1N1C(=O)C(c2cccs2)=C(N2CCCC2)C1=O. The third-order valence-corrected chi connectivity index (χ3v) is 5.70. The molecule has 0 radical (unpaired) electrons. The first-order valence-corrected chi connectivity index (χ1v) is 10.2. The predicted octanol–water partition coefficient (Wildman–Crippen LogP) is 3.92. The van der Waals surface area contributed by atoms with Crippen LogP contribution in [-0.2, 0) is 9.59 Å². The predicted molar refractivity (Wildman–Crippen MR) is 107 cm³/mol. The van der Waals surface area contributed by atoms with Crippen molar-refractivity contribution in [1.29, 1.82) is 0 Å². The van der Waals surface area contributed by atoms with Crippen LogP contribution in [-0.4, -0.2) is 36.4 Å². The number of benzene rings is 1. The summed E-state index contributed by atoms with van der Waals surface area (Å²) in [6, 6.07) is 11.1. The Morgan fingerprint density at radius 3 is 2.52 bits per heavy atom. The fraction of sp³-hybridized carbons (Fsp3) is 0.333. The Hall–Kier alpha value is -2.60. The number of imide groups is 1. The number of hydrogen-bond acceptors (Lipinski definition) is 5. The second-order valence-corrected chi connectivity index (χ2v) is 7.60. The summed E-state index contributed by atoms with van der Waals surface area (Å²) in [4.78, 5) is 31.0. The molecular weight excluding hydrogens is 360 g/mol. The number of ether oxygens (including phenoxy) is 1. The van der Waals surface area contributed by atoms with E-state index in [1.54, 1.807) is 6.07 Å². The van der Waals surface area contributed by atoms with E-state index in [1.807, 2.05) is 42.6 Å². The fourth-order valence-corrected chi connectivity index (χ4v) is 4.35. The first-order valence-electron chi connectivity index (χ1n) is 9.36. The zero-order chi connectivity index (χ0) is 18.8. The Balaban J connectivity index is 1.78. The molecule has 5 nitrogen and oxygen atoms in total. The van der Waals surface area contributed by atoms with E-state index in [0.29, 0.717) is 29.3 Å². The van der Waals surface area contributed by atoms with Gasteiger partial charge in [-0.1, -0.05) is 25.1 Å². The summed E-state index contributed by atoms with van der Waals surface area (Å²) in [5, 5.41) is 1.93. The van der Waals surface area contributed by atoms with Crippen LogP contribution in [0.4, 0.5) is 5.69 Å². The standard InChI is InChI=1S/C21H22N2O3S/c1-2-13-26-16-9-4-3-8-15(16)23-20(24)18(17-10-7-14-27-17)19(21(23)25)22-11-5-6-12-22/h3-4,7-10,14H,2,5-6,11-13H2,1H3. The van der Waals surface area contributed by atoms with Crippen LogP contribution in [0.15, 0.2) is 47.5 Å². The number of hydrogen-bond donors (Lipinski definition) is 0. The normalized spacial score (nSPS) is 17.4. The van der Waals surface area contributed by atoms with Crippen molar-refractivity contribution in [1.82, 2.24) is 4.90 Å². The Bertz CT molecular complexity index is 883. The molecule has 0 unspecified atom stereocenters. The monoisotopic (exact) mass is 382 g/mol. The lowest BCUT2D eigenvalue weighted by Gasteiger charge is -2.21. The van der Waals surface area contributed by atoms with Crippen LogP contribution < -0.4 is 9.64 Å². The molecule has 0 atom stereocenters. The van der Waals surface area contributed by atoms with Crippen molar-refractivity contribution < 1.29 is 14.3 Å². The van der Waals surface area contributed by atoms with E-state index >= 15 is 0 Å². The molecule has 1 aromatic heterocycles. The minimum Gasteiger partial charge on any atom is -0.491 e. The zero-order valence-corrected chi connectivity index (χ0v) is 16.1. The number of para-hydroxylation sites is 2. The topological polar surface area (TPSA) is 49.9 Å². The smallest absolute Gasteiger partial charge is 0.282 e. The fourth-order valence-electron chi connectivity index (χ4n) is 3.59. The third kappa shape index (κ3) is 3.14. The molecule has 1 saturated heterocycles. The van der Waals surface area contributed by atoms with Crippen molar-refractivity contribution in [3.05, 3.63) is 52.4 Å². The quantitative estimate of drug-likeness (QED) is 0.711. The molecule has 0 spiro atoms. The van der Waals surface area contributed by atoms with E-state index in [9.17, 15) is 9.59 Å². The maximum atomic E-state index is 13.4. The largest absolute Gasteiger partial charge is 0.491 e. The van der Waals surface area contributed by atoms with Gasteiger partial charge >= 0.3 is 0 Å². The zero-order valence-electron chi connectivity index (χ0n) is 15.3. The van der Waals surface area contributed by atoms with Gasteiger partial charge in [-0.2, -0.15) is 0 Å². The molecule has 2 aliphatic rings. The number of anilines is 1. The number of rotatable bonds is 6. The molecular formula is C21H22N2O3S. The number of thiophene rings is 1. The van der Waals surface area contributed by atoms with Crippen LogP contribution in [0.25, 0.3) is 5.57 Å².